The van der Waals surface area contributed by atoms with E-state index in [9.17, 15) is 122 Å². The minimum atomic E-state index is -1.79. The topological polar surface area (TPSA) is 703 Å². The number of nitrogens with zero attached hydrogens (tertiary/aromatic N) is 8. The van der Waals surface area contributed by atoms with Crippen molar-refractivity contribution < 1.29 is 150 Å². The Morgan fingerprint density at radius 2 is 0.811 bits per heavy atom. The molecule has 700 valence electrons. The summed E-state index contributed by atoms with van der Waals surface area (Å²) in [7, 11) is 5.42. The number of benzene rings is 2. The molecule has 5 aliphatic heterocycles. The van der Waals surface area contributed by atoms with Gasteiger partial charge in [-0.3, -0.25) is 47.9 Å². The van der Waals surface area contributed by atoms with E-state index >= 15 is 0 Å². The number of rotatable bonds is 42. The Hall–Kier alpha value is -13.2. The van der Waals surface area contributed by atoms with Gasteiger partial charge in [-0.2, -0.15) is 0 Å². The Morgan fingerprint density at radius 1 is 0.457 bits per heavy atom. The number of nitrogens with two attached hydrogens (primary N) is 2. The number of fused-ring (bicyclic) bond motifs is 2. The summed E-state index contributed by atoms with van der Waals surface area (Å²) in [6, 6.07) is 2.04. The predicted molar refractivity (Wildman–Crippen MR) is 432 cm³/mol. The van der Waals surface area contributed by atoms with Crippen LogP contribution in [0.1, 0.15) is 64.5 Å². The summed E-state index contributed by atoms with van der Waals surface area (Å²) in [5.74, 6) is -10.5. The molecule has 0 aromatic heterocycles. The number of primary amides is 2. The highest BCUT2D eigenvalue weighted by Gasteiger charge is 2.57. The van der Waals surface area contributed by atoms with Gasteiger partial charge in [0.2, 0.25) is 35.4 Å². The molecule has 4 fully saturated rings. The van der Waals surface area contributed by atoms with Gasteiger partial charge in [0.1, 0.15) is 126 Å². The number of carbonyl (C=O) groups is 18. The van der Waals surface area contributed by atoms with Crippen LogP contribution in [0.3, 0.4) is 0 Å². The van der Waals surface area contributed by atoms with Gasteiger partial charge in [-0.05, 0) is 79.0 Å². The lowest BCUT2D eigenvalue weighted by molar-refractivity contribution is -0.175. The number of ether oxygens (including phenoxy) is 6. The molecule has 1 unspecified atom stereocenters. The zero-order chi connectivity index (χ0) is 94.0. The summed E-state index contributed by atoms with van der Waals surface area (Å²) in [6.45, 7) is 1.20. The third kappa shape index (κ3) is 28.6. The van der Waals surface area contributed by atoms with Crippen LogP contribution < -0.4 is 64.6 Å². The third-order valence-corrected chi connectivity index (χ3v) is 20.8. The van der Waals surface area contributed by atoms with Crippen molar-refractivity contribution in [2.45, 2.75) is 158 Å². The number of nitrogens with one attached hydrogen (secondary N) is 10. The Kier molecular flexibility index (Phi) is 37.5. The molecule has 5 aliphatic rings. The van der Waals surface area contributed by atoms with E-state index in [1.54, 1.807) is 27.7 Å². The van der Waals surface area contributed by atoms with Gasteiger partial charge in [-0.15, -0.1) is 0 Å². The van der Waals surface area contributed by atoms with Crippen LogP contribution in [0.5, 0.6) is 0 Å². The number of amides is 20. The van der Waals surface area contributed by atoms with E-state index in [2.05, 4.69) is 53.2 Å². The molecule has 2 aromatic rings. The molecule has 21 N–H and O–H groups in total. The molecule has 0 saturated carbocycles. The number of piperidine rings is 2. The molecule has 2 aromatic carbocycles. The van der Waals surface area contributed by atoms with Crippen LogP contribution in [0.2, 0.25) is 0 Å². The van der Waals surface area contributed by atoms with Crippen LogP contribution in [0, 0.1) is 11.8 Å². The van der Waals surface area contributed by atoms with Gasteiger partial charge in [-0.1, -0.05) is 52.0 Å². The first kappa shape index (κ1) is 101. The summed E-state index contributed by atoms with van der Waals surface area (Å²) in [5, 5.41) is 97.4. The number of alkyl carbamates (subject to hydrolysis) is 2. The van der Waals surface area contributed by atoms with Gasteiger partial charge in [0.25, 0.3) is 0 Å². The largest absolute Gasteiger partial charge is 0.448 e. The average Bonchev–Trinajstić information content (AvgIpc) is 1.62. The SMILES string of the molecule is CC(C)[C@H](NC(=O)OCCN(CCOC(=O)N[C@H](C(=O)N[C@@H](CCCNC(N)=O)C(=O)Nc1ccc(COC(=O)N(C)CCN(C)C(=O)OC[C@@H]2[C@@H](O)[C@H](O)[C@H](O)[C@H]3NC(=O)C(=O)N23)cc1)C(C)C)C(=O)CN1C(=O)C=CC1O)C(=O)N[C@@H](CCCNC(N)=O)C(=O)Nc1ccc(COC(=O)N(C)CCN(C)C(=O)OC[C@@H]2[C@@H](O)[C@H](O)[C@H](O)[C@H]3NC(=O)C(=O)N23)cc1. The van der Waals surface area contributed by atoms with Gasteiger partial charge < -0.3 is 168 Å². The number of likely N-dealkylation sites (N-methyl/N-ethyl adjacent to an activating group) is 4. The molecular formula is C76H110N20O31. The second-order valence-electron chi connectivity index (χ2n) is 30.8. The first-order valence-electron chi connectivity index (χ1n) is 40.1. The van der Waals surface area contributed by atoms with Crippen LogP contribution in [-0.4, -0.2) is 388 Å². The Balaban J connectivity index is 0.865. The van der Waals surface area contributed by atoms with Crippen LogP contribution in [0.4, 0.5) is 49.7 Å². The highest BCUT2D eigenvalue weighted by Crippen LogP contribution is 2.30. The Morgan fingerprint density at radius 3 is 1.14 bits per heavy atom. The molecule has 7 rings (SSSR count). The molecule has 0 aliphatic carbocycles. The standard InChI is InChI=1S/C76H110N20O31/c1-38(2)51(63(108)83-44(11-9-23-79-69(77)114)61(106)81-42-17-13-40(14-18-42)34-124-73(118)89(5)25-27-91(7)75(120)126-36-46-53(100)55(102)57(104)59-87-65(110)67(112)95(46)59)85-71(116)122-31-29-93(50(99)33-94-48(97)21-22-49(94)98)30-32-123-72(117)86-52(39(3)4)64(109)84-45(12-10-24-80-70(78)115)62(107)82-43-19-15-41(16-20-43)35-125-74(119)90(6)26-28-92(8)76(121)127-37-47-54(101)56(103)58(105)60-88-66(111)68(113)96(47)60/h13-22,38-39,44-48,51-60,97,100-105H,9-12,23-37H2,1-8H3,(H,81,106)(H,82,107)(H,83,108)(H,84,109)(H,85,116)(H,86,117)(H,87,110)(H,88,111)(H3,77,79,114)(H3,78,80,115)/t44-,45-,46+,47+,48?,51-,52-,53+,54+,55-,56-,57-,58-,59-,60-/m0/s1. The van der Waals surface area contributed by atoms with Crippen molar-refractivity contribution >= 4 is 119 Å². The quantitative estimate of drug-likeness (QED) is 0.0167. The smallest absolute Gasteiger partial charge is 0.409 e. The number of carbonyl (C=O) groups excluding carboxylic acids is 18. The average molecular weight is 1800 g/mol. The molecule has 0 spiro atoms. The molecule has 15 atom stereocenters. The number of aliphatic hydroxyl groups excluding tert-OH is 7. The van der Waals surface area contributed by atoms with Gasteiger partial charge in [0.05, 0.1) is 25.2 Å². The normalized spacial score (nSPS) is 21.2. The van der Waals surface area contributed by atoms with E-state index in [1.807, 2.05) is 0 Å². The predicted octanol–water partition coefficient (Wildman–Crippen LogP) is -7.05. The molecule has 0 bridgehead atoms. The minimum absolute atomic E-state index is 0.0152. The van der Waals surface area contributed by atoms with E-state index in [-0.39, 0.29) is 89.5 Å². The molecule has 51 nitrogen and oxygen atoms in total. The fourth-order valence-electron chi connectivity index (χ4n) is 13.3. The lowest BCUT2D eigenvalue weighted by atomic mass is 9.92. The summed E-state index contributed by atoms with van der Waals surface area (Å²) < 4.78 is 32.1. The first-order valence-corrected chi connectivity index (χ1v) is 40.1. The van der Waals surface area contributed by atoms with Crippen molar-refractivity contribution in [1.82, 2.24) is 81.7 Å². The first-order chi connectivity index (χ1) is 60.0. The highest BCUT2D eigenvalue weighted by atomic mass is 16.6. The summed E-state index contributed by atoms with van der Waals surface area (Å²) in [4.78, 5) is 241. The molecule has 0 radical (unpaired) electrons. The van der Waals surface area contributed by atoms with Crippen molar-refractivity contribution in [3.63, 3.8) is 0 Å². The van der Waals surface area contributed by atoms with Crippen molar-refractivity contribution in [3.8, 4) is 0 Å². The number of hydrogen-bond acceptors (Lipinski definition) is 31. The summed E-state index contributed by atoms with van der Waals surface area (Å²) >= 11 is 0. The molecule has 51 heteroatoms. The van der Waals surface area contributed by atoms with Gasteiger partial charge in [0.15, 0.2) is 0 Å². The van der Waals surface area contributed by atoms with Gasteiger partial charge in [-0.25, -0.2) is 38.4 Å². The van der Waals surface area contributed by atoms with Crippen molar-refractivity contribution in [1.29, 1.82) is 0 Å². The van der Waals surface area contributed by atoms with E-state index in [1.165, 1.54) is 76.7 Å². The number of hydrogen-bond donors (Lipinski definition) is 19. The van der Waals surface area contributed by atoms with Gasteiger partial charge >= 0.3 is 72.3 Å². The Bertz CT molecular complexity index is 4080. The van der Waals surface area contributed by atoms with Crippen LogP contribution in [-0.2, 0) is 89.6 Å². The zero-order valence-corrected chi connectivity index (χ0v) is 70.7. The van der Waals surface area contributed by atoms with Crippen LogP contribution in [0.25, 0.3) is 0 Å². The monoisotopic (exact) mass is 1800 g/mol. The lowest BCUT2D eigenvalue weighted by Crippen LogP contribution is -2.68. The summed E-state index contributed by atoms with van der Waals surface area (Å²) in [6.07, 6.45) is -18.5. The number of urea groups is 2. The van der Waals surface area contributed by atoms with E-state index in [0.29, 0.717) is 11.1 Å². The van der Waals surface area contributed by atoms with Crippen LogP contribution in [0.15, 0.2) is 60.7 Å². The number of aliphatic hydroxyl groups is 7. The van der Waals surface area contributed by atoms with E-state index < -0.39 is 257 Å². The highest BCUT2D eigenvalue weighted by molar-refractivity contribution is 6.37. The number of anilines is 2. The fraction of sp³-hybridized carbons (Fsp3) is 0.579. The fourth-order valence-corrected chi connectivity index (χ4v) is 13.3. The second-order valence-corrected chi connectivity index (χ2v) is 30.8. The lowest BCUT2D eigenvalue weighted by Gasteiger charge is -2.44. The van der Waals surface area contributed by atoms with E-state index in [4.69, 9.17) is 39.9 Å². The van der Waals surface area contributed by atoms with Crippen molar-refractivity contribution in [2.75, 3.05) is 124 Å². The third-order valence-electron chi connectivity index (χ3n) is 20.8. The maximum atomic E-state index is 14.1. The minimum Gasteiger partial charge on any atom is -0.448 e. The van der Waals surface area contributed by atoms with Crippen LogP contribution >= 0.6 is 0 Å². The molecule has 127 heavy (non-hydrogen) atoms. The molecule has 20 amide bonds. The molecular weight excluding hydrogens is 1690 g/mol. The summed E-state index contributed by atoms with van der Waals surface area (Å²) in [5.41, 5.74) is 11.8. The molecule has 5 heterocycles. The van der Waals surface area contributed by atoms with E-state index in [0.717, 1.165) is 51.4 Å². The maximum Gasteiger partial charge on any atom is 0.409 e. The van der Waals surface area contributed by atoms with Crippen molar-refractivity contribution in [3.05, 3.63) is 71.8 Å². The van der Waals surface area contributed by atoms with Gasteiger partial charge in [0, 0.05) is 84.9 Å². The molecule has 4 saturated heterocycles. The Labute approximate surface area is 726 Å². The zero-order valence-electron chi connectivity index (χ0n) is 70.7. The maximum absolute atomic E-state index is 14.1. The second kappa shape index (κ2) is 47.2. The van der Waals surface area contributed by atoms with Crippen molar-refractivity contribution in [2.24, 2.45) is 23.3 Å².